The maximum atomic E-state index is 13.2. The van der Waals surface area contributed by atoms with Crippen LogP contribution in [0.25, 0.3) is 11.3 Å². The summed E-state index contributed by atoms with van der Waals surface area (Å²) in [5.41, 5.74) is 1.34. The summed E-state index contributed by atoms with van der Waals surface area (Å²) in [6.07, 6.45) is 0. The molecule has 0 fully saturated rings. The van der Waals surface area contributed by atoms with Gasteiger partial charge < -0.3 is 9.47 Å². The average Bonchev–Trinajstić information content (AvgIpc) is 3.09. The second kappa shape index (κ2) is 7.73. The third-order valence-electron chi connectivity index (χ3n) is 3.45. The number of hydrogen-bond donors (Lipinski definition) is 1. The van der Waals surface area contributed by atoms with Gasteiger partial charge in [-0.15, -0.1) is 5.10 Å². The lowest BCUT2D eigenvalue weighted by molar-refractivity contribution is 0.0520. The number of nitrogens with one attached hydrogen (secondary N) is 1. The molecule has 3 rings (SSSR count). The Morgan fingerprint density at radius 3 is 2.62 bits per heavy atom. The van der Waals surface area contributed by atoms with E-state index in [2.05, 4.69) is 15.4 Å². The summed E-state index contributed by atoms with van der Waals surface area (Å²) in [4.78, 5) is 11.9. The Labute approximate surface area is 147 Å². The second-order valence-corrected chi connectivity index (χ2v) is 5.34. The summed E-state index contributed by atoms with van der Waals surface area (Å²) in [6, 6.07) is 9.97. The molecule has 0 bridgehead atoms. The zero-order valence-corrected chi connectivity index (χ0v) is 13.8. The van der Waals surface area contributed by atoms with Crippen molar-refractivity contribution in [1.82, 2.24) is 15.4 Å². The van der Waals surface area contributed by atoms with E-state index in [1.807, 2.05) is 0 Å². The van der Waals surface area contributed by atoms with Crippen LogP contribution in [0.15, 0.2) is 42.5 Å². The number of rotatable bonds is 6. The number of carbonyl (C=O) groups is 1. The molecule has 8 heteroatoms. The molecule has 6 nitrogen and oxygen atoms in total. The predicted molar refractivity (Wildman–Crippen MR) is 88.5 cm³/mol. The quantitative estimate of drug-likeness (QED) is 0.682. The van der Waals surface area contributed by atoms with Gasteiger partial charge >= 0.3 is 5.97 Å². The number of hydrogen-bond acceptors (Lipinski definition) is 5. The Balaban J connectivity index is 1.79. The molecule has 134 valence electrons. The van der Waals surface area contributed by atoms with E-state index >= 15 is 0 Å². The number of carbonyl (C=O) groups excluding carboxylic acids is 1. The summed E-state index contributed by atoms with van der Waals surface area (Å²) < 4.78 is 37.0. The molecule has 2 aromatic carbocycles. The molecule has 0 saturated heterocycles. The van der Waals surface area contributed by atoms with Gasteiger partial charge in [0.05, 0.1) is 6.61 Å². The molecule has 0 saturated carbocycles. The highest BCUT2D eigenvalue weighted by atomic mass is 19.1. The number of H-pyrrole nitrogens is 1. The van der Waals surface area contributed by atoms with Gasteiger partial charge in [-0.3, -0.25) is 0 Å². The number of aromatic nitrogens is 3. The number of ether oxygens (including phenoxy) is 2. The molecule has 0 atom stereocenters. The molecule has 1 heterocycles. The van der Waals surface area contributed by atoms with Crippen molar-refractivity contribution in [3.63, 3.8) is 0 Å². The summed E-state index contributed by atoms with van der Waals surface area (Å²) in [5.74, 6) is -1.47. The smallest absolute Gasteiger partial charge is 0.361 e. The zero-order chi connectivity index (χ0) is 18.5. The number of halogens is 2. The fourth-order valence-electron chi connectivity index (χ4n) is 2.37. The largest absolute Gasteiger partial charge is 0.489 e. The lowest BCUT2D eigenvalue weighted by atomic mass is 10.1. The van der Waals surface area contributed by atoms with Crippen LogP contribution >= 0.6 is 0 Å². The summed E-state index contributed by atoms with van der Waals surface area (Å²) in [7, 11) is 0. The van der Waals surface area contributed by atoms with Gasteiger partial charge in [0.2, 0.25) is 0 Å². The van der Waals surface area contributed by atoms with Gasteiger partial charge in [-0.1, -0.05) is 12.1 Å². The Hall–Kier alpha value is -3.29. The highest BCUT2D eigenvalue weighted by molar-refractivity contribution is 5.93. The lowest BCUT2D eigenvalue weighted by Gasteiger charge is -2.08. The van der Waals surface area contributed by atoms with Crippen LogP contribution < -0.4 is 4.74 Å². The maximum absolute atomic E-state index is 13.2. The molecule has 1 aromatic heterocycles. The van der Waals surface area contributed by atoms with Crippen molar-refractivity contribution >= 4 is 5.97 Å². The van der Waals surface area contributed by atoms with Crippen molar-refractivity contribution in [2.75, 3.05) is 6.61 Å². The molecule has 26 heavy (non-hydrogen) atoms. The fourth-order valence-corrected chi connectivity index (χ4v) is 2.37. The van der Waals surface area contributed by atoms with E-state index in [1.165, 1.54) is 12.1 Å². The van der Waals surface area contributed by atoms with Crippen molar-refractivity contribution in [2.45, 2.75) is 13.5 Å². The minimum absolute atomic E-state index is 0.0122. The Bertz CT molecular complexity index is 907. The van der Waals surface area contributed by atoms with Gasteiger partial charge in [0, 0.05) is 11.6 Å². The number of benzene rings is 2. The molecule has 3 aromatic rings. The Morgan fingerprint density at radius 1 is 1.12 bits per heavy atom. The molecule has 1 N–H and O–H groups in total. The van der Waals surface area contributed by atoms with Crippen LogP contribution in [0.3, 0.4) is 0 Å². The van der Waals surface area contributed by atoms with Gasteiger partial charge in [0.25, 0.3) is 0 Å². The van der Waals surface area contributed by atoms with Crippen LogP contribution in [-0.4, -0.2) is 28.0 Å². The van der Waals surface area contributed by atoms with Crippen LogP contribution in [0.1, 0.15) is 23.0 Å². The highest BCUT2D eigenvalue weighted by Gasteiger charge is 2.19. The van der Waals surface area contributed by atoms with Crippen molar-refractivity contribution in [3.8, 4) is 17.0 Å². The lowest BCUT2D eigenvalue weighted by Crippen LogP contribution is -2.06. The molecule has 0 aliphatic carbocycles. The first kappa shape index (κ1) is 17.5. The first-order chi connectivity index (χ1) is 12.6. The van der Waals surface area contributed by atoms with Crippen molar-refractivity contribution in [2.24, 2.45) is 0 Å². The van der Waals surface area contributed by atoms with Gasteiger partial charge in [-0.05, 0) is 36.8 Å². The molecule has 0 amide bonds. The van der Waals surface area contributed by atoms with Crippen molar-refractivity contribution < 1.29 is 23.0 Å². The topological polar surface area (TPSA) is 77.1 Å². The summed E-state index contributed by atoms with van der Waals surface area (Å²) in [5, 5.41) is 10.2. The fraction of sp³-hybridized carbons (Fsp3) is 0.167. The minimum atomic E-state index is -0.668. The van der Waals surface area contributed by atoms with Crippen LogP contribution in [0.5, 0.6) is 5.75 Å². The normalized spacial score (nSPS) is 10.6. The third-order valence-corrected chi connectivity index (χ3v) is 3.45. The number of aromatic amines is 1. The minimum Gasteiger partial charge on any atom is -0.489 e. The molecular formula is C18H15F2N3O3. The highest BCUT2D eigenvalue weighted by Crippen LogP contribution is 2.25. The molecule has 0 aliphatic rings. The van der Waals surface area contributed by atoms with Crippen LogP contribution in [0, 0.1) is 11.6 Å². The Kier molecular flexibility index (Phi) is 5.21. The van der Waals surface area contributed by atoms with Crippen molar-refractivity contribution in [3.05, 3.63) is 65.4 Å². The average molecular weight is 359 g/mol. The van der Waals surface area contributed by atoms with E-state index < -0.39 is 17.6 Å². The van der Waals surface area contributed by atoms with Crippen LogP contribution in [0.2, 0.25) is 0 Å². The van der Waals surface area contributed by atoms with E-state index in [4.69, 9.17) is 9.47 Å². The van der Waals surface area contributed by atoms with Gasteiger partial charge in [0.1, 0.15) is 29.7 Å². The Morgan fingerprint density at radius 2 is 1.88 bits per heavy atom. The van der Waals surface area contributed by atoms with E-state index in [0.717, 1.165) is 6.07 Å². The summed E-state index contributed by atoms with van der Waals surface area (Å²) in [6.45, 7) is 1.90. The number of nitrogens with zero attached hydrogens (tertiary/aromatic N) is 2. The van der Waals surface area contributed by atoms with Crippen LogP contribution in [-0.2, 0) is 11.3 Å². The third kappa shape index (κ3) is 4.02. The standard InChI is InChI=1S/C18H15F2N3O3/c1-2-25-18(24)17-16(21-23-22-17)12-4-3-5-15(8-12)26-10-11-6-13(19)9-14(20)7-11/h3-9H,2,10H2,1H3,(H,21,22,23). The molecule has 0 radical (unpaired) electrons. The molecule has 0 unspecified atom stereocenters. The van der Waals surface area contributed by atoms with Crippen LogP contribution in [0.4, 0.5) is 8.78 Å². The van der Waals surface area contributed by atoms with E-state index in [-0.39, 0.29) is 18.9 Å². The maximum Gasteiger partial charge on any atom is 0.361 e. The van der Waals surface area contributed by atoms with Gasteiger partial charge in [0.15, 0.2) is 5.69 Å². The number of esters is 1. The van der Waals surface area contributed by atoms with Gasteiger partial charge in [-0.2, -0.15) is 10.3 Å². The first-order valence-corrected chi connectivity index (χ1v) is 7.83. The first-order valence-electron chi connectivity index (χ1n) is 7.83. The van der Waals surface area contributed by atoms with E-state index in [1.54, 1.807) is 31.2 Å². The van der Waals surface area contributed by atoms with E-state index in [9.17, 15) is 13.6 Å². The molecule has 0 aliphatic heterocycles. The zero-order valence-electron chi connectivity index (χ0n) is 13.8. The predicted octanol–water partition coefficient (Wildman–Crippen LogP) is 3.51. The summed E-state index contributed by atoms with van der Waals surface area (Å²) >= 11 is 0. The molecule has 0 spiro atoms. The SMILES string of the molecule is CCOC(=O)c1n[nH]nc1-c1cccc(OCc2cc(F)cc(F)c2)c1. The van der Waals surface area contributed by atoms with E-state index in [0.29, 0.717) is 22.6 Å². The van der Waals surface area contributed by atoms with Crippen molar-refractivity contribution in [1.29, 1.82) is 0 Å². The van der Waals surface area contributed by atoms with Gasteiger partial charge in [-0.25, -0.2) is 13.6 Å². The second-order valence-electron chi connectivity index (χ2n) is 5.34. The monoisotopic (exact) mass is 359 g/mol. The molecular weight excluding hydrogens is 344 g/mol.